The fourth-order valence-corrected chi connectivity index (χ4v) is 4.98. The lowest BCUT2D eigenvalue weighted by molar-refractivity contribution is -0.116. The summed E-state index contributed by atoms with van der Waals surface area (Å²) in [5.41, 5.74) is 1.74. The van der Waals surface area contributed by atoms with Gasteiger partial charge >= 0.3 is 5.97 Å². The lowest BCUT2D eigenvalue weighted by Crippen LogP contribution is -2.32. The van der Waals surface area contributed by atoms with Crippen LogP contribution in [0.3, 0.4) is 0 Å². The van der Waals surface area contributed by atoms with Crippen molar-refractivity contribution in [1.82, 2.24) is 15.2 Å². The smallest absolute Gasteiger partial charge is 0.335 e. The molecule has 1 fully saturated rings. The van der Waals surface area contributed by atoms with Crippen LogP contribution in [-0.2, 0) is 4.79 Å². The molecule has 0 bridgehead atoms. The molecule has 5 rings (SSSR count). The largest absolute Gasteiger partial charge is 0.478 e. The van der Waals surface area contributed by atoms with Gasteiger partial charge in [-0.05, 0) is 78.9 Å². The molecule has 0 spiro atoms. The van der Waals surface area contributed by atoms with Gasteiger partial charge < -0.3 is 25.1 Å². The average molecular weight is 565 g/mol. The predicted octanol–water partition coefficient (Wildman–Crippen LogP) is 5.83. The molecule has 3 heterocycles. The topological polar surface area (TPSA) is 108 Å². The average Bonchev–Trinajstić information content (AvgIpc) is 3.54. The highest BCUT2D eigenvalue weighted by Gasteiger charge is 2.41. The zero-order valence-electron chi connectivity index (χ0n) is 20.3. The third-order valence-corrected chi connectivity index (χ3v) is 6.98. The van der Waals surface area contributed by atoms with Crippen LogP contribution in [0.1, 0.15) is 40.3 Å². The van der Waals surface area contributed by atoms with Crippen molar-refractivity contribution in [2.45, 2.75) is 18.5 Å². The molecule has 1 aliphatic heterocycles. The van der Waals surface area contributed by atoms with E-state index in [1.165, 1.54) is 42.5 Å². The van der Waals surface area contributed by atoms with Crippen LogP contribution < -0.4 is 10.6 Å². The highest BCUT2D eigenvalue weighted by atomic mass is 35.5. The van der Waals surface area contributed by atoms with Crippen LogP contribution in [0.4, 0.5) is 10.1 Å². The number of aromatic nitrogens is 1. The molecule has 39 heavy (non-hydrogen) atoms. The summed E-state index contributed by atoms with van der Waals surface area (Å²) in [4.78, 5) is 30.5. The van der Waals surface area contributed by atoms with Crippen LogP contribution in [-0.4, -0.2) is 38.5 Å². The monoisotopic (exact) mass is 564 g/mol. The Labute approximate surface area is 233 Å². The first-order chi connectivity index (χ1) is 18.8. The molecule has 1 saturated heterocycles. The number of amides is 1. The molecule has 8 nitrogen and oxygen atoms in total. The van der Waals surface area contributed by atoms with E-state index < -0.39 is 17.8 Å². The van der Waals surface area contributed by atoms with Gasteiger partial charge in [-0.15, -0.1) is 0 Å². The summed E-state index contributed by atoms with van der Waals surface area (Å²) >= 11 is 12.0. The maximum atomic E-state index is 13.2. The molecule has 0 radical (unpaired) electrons. The zero-order valence-corrected chi connectivity index (χ0v) is 21.9. The van der Waals surface area contributed by atoms with Crippen molar-refractivity contribution < 1.29 is 23.5 Å². The van der Waals surface area contributed by atoms with Gasteiger partial charge in [0.25, 0.3) is 0 Å². The number of halogens is 2. The third-order valence-electron chi connectivity index (χ3n) is 6.30. The van der Waals surface area contributed by atoms with Crippen molar-refractivity contribution in [3.8, 4) is 11.3 Å². The number of anilines is 1. The van der Waals surface area contributed by atoms with E-state index in [1.807, 2.05) is 23.1 Å². The number of nitrogens with one attached hydrogen (secondary N) is 2. The highest BCUT2D eigenvalue weighted by Crippen LogP contribution is 2.41. The third kappa shape index (κ3) is 5.76. The van der Waals surface area contributed by atoms with E-state index in [1.54, 1.807) is 18.3 Å². The Morgan fingerprint density at radius 3 is 2.64 bits per heavy atom. The molecule has 11 heteroatoms. The Morgan fingerprint density at radius 2 is 1.92 bits per heavy atom. The zero-order chi connectivity index (χ0) is 27.5. The van der Waals surface area contributed by atoms with E-state index in [4.69, 9.17) is 28.2 Å². The number of carbonyl (C=O) groups is 2. The molecule has 0 aliphatic carbocycles. The first-order valence-corrected chi connectivity index (χ1v) is 12.7. The molecule has 3 N–H and O–H groups in total. The van der Waals surface area contributed by atoms with Gasteiger partial charge in [0.15, 0.2) is 5.11 Å². The SMILES string of the molecule is O=C(CCN1C(=S)N[C@H](c2ccccn2)[C@@H]1c1ccc(-c2cc(C(=O)O)ccc2Cl)o1)Nc1ccc(F)cc1. The maximum Gasteiger partial charge on any atom is 0.335 e. The molecule has 4 aromatic rings. The number of furan rings is 1. The number of carboxylic acid groups (broad SMARTS) is 1. The molecule has 1 amide bonds. The summed E-state index contributed by atoms with van der Waals surface area (Å²) < 4.78 is 19.4. The van der Waals surface area contributed by atoms with Gasteiger partial charge in [-0.2, -0.15) is 0 Å². The minimum atomic E-state index is -1.08. The minimum absolute atomic E-state index is 0.0798. The Hall–Kier alpha value is -4.28. The van der Waals surface area contributed by atoms with Gasteiger partial charge in [-0.3, -0.25) is 9.78 Å². The second kappa shape index (κ2) is 11.2. The summed E-state index contributed by atoms with van der Waals surface area (Å²) in [5.74, 6) is -0.806. The van der Waals surface area contributed by atoms with Crippen LogP contribution in [0.2, 0.25) is 5.02 Å². The molecule has 0 unspecified atom stereocenters. The number of hydrogen-bond donors (Lipinski definition) is 3. The number of aromatic carboxylic acids is 1. The molecule has 198 valence electrons. The number of hydrogen-bond acceptors (Lipinski definition) is 5. The second-order valence-electron chi connectivity index (χ2n) is 8.83. The van der Waals surface area contributed by atoms with Gasteiger partial charge in [0.1, 0.15) is 23.4 Å². The quantitative estimate of drug-likeness (QED) is 0.229. The van der Waals surface area contributed by atoms with Crippen LogP contribution >= 0.6 is 23.8 Å². The van der Waals surface area contributed by atoms with Crippen molar-refractivity contribution in [3.05, 3.63) is 107 Å². The van der Waals surface area contributed by atoms with Crippen molar-refractivity contribution in [3.63, 3.8) is 0 Å². The second-order valence-corrected chi connectivity index (χ2v) is 9.62. The van der Waals surface area contributed by atoms with E-state index in [9.17, 15) is 19.1 Å². The maximum absolute atomic E-state index is 13.2. The Balaban J connectivity index is 1.42. The van der Waals surface area contributed by atoms with Gasteiger partial charge in [0.05, 0.1) is 22.3 Å². The van der Waals surface area contributed by atoms with Gasteiger partial charge in [-0.25, -0.2) is 9.18 Å². The molecule has 2 aromatic heterocycles. The minimum Gasteiger partial charge on any atom is -0.478 e. The van der Waals surface area contributed by atoms with Crippen LogP contribution in [0.15, 0.2) is 83.4 Å². The summed E-state index contributed by atoms with van der Waals surface area (Å²) in [6.07, 6.45) is 1.78. The van der Waals surface area contributed by atoms with Crippen LogP contribution in [0.5, 0.6) is 0 Å². The van der Waals surface area contributed by atoms with E-state index in [-0.39, 0.29) is 30.5 Å². The van der Waals surface area contributed by atoms with Crippen molar-refractivity contribution >= 4 is 46.5 Å². The molecular formula is C28H22ClFN4O4S. The van der Waals surface area contributed by atoms with E-state index in [0.717, 1.165) is 5.69 Å². The summed E-state index contributed by atoms with van der Waals surface area (Å²) in [7, 11) is 0. The number of benzene rings is 2. The lowest BCUT2D eigenvalue weighted by atomic mass is 10.0. The number of nitrogens with zero attached hydrogens (tertiary/aromatic N) is 2. The number of carboxylic acids is 1. The summed E-state index contributed by atoms with van der Waals surface area (Å²) in [5, 5.41) is 16.2. The number of thiocarbonyl (C=S) groups is 1. The Kier molecular flexibility index (Phi) is 7.58. The van der Waals surface area contributed by atoms with Gasteiger partial charge in [-0.1, -0.05) is 17.7 Å². The molecule has 0 saturated carbocycles. The van der Waals surface area contributed by atoms with Crippen molar-refractivity contribution in [2.24, 2.45) is 0 Å². The Bertz CT molecular complexity index is 1530. The van der Waals surface area contributed by atoms with Crippen molar-refractivity contribution in [1.29, 1.82) is 0 Å². The predicted molar refractivity (Wildman–Crippen MR) is 148 cm³/mol. The van der Waals surface area contributed by atoms with Gasteiger partial charge in [0, 0.05) is 30.4 Å². The summed E-state index contributed by atoms with van der Waals surface area (Å²) in [6, 6.07) is 18.1. The summed E-state index contributed by atoms with van der Waals surface area (Å²) in [6.45, 7) is 0.262. The van der Waals surface area contributed by atoms with Crippen LogP contribution in [0.25, 0.3) is 11.3 Å². The number of pyridine rings is 1. The van der Waals surface area contributed by atoms with Crippen LogP contribution in [0, 0.1) is 5.82 Å². The first-order valence-electron chi connectivity index (χ1n) is 12.0. The molecule has 1 aliphatic rings. The fourth-order valence-electron chi connectivity index (χ4n) is 4.44. The number of carbonyl (C=O) groups excluding carboxylic acids is 1. The fraction of sp³-hybridized carbons (Fsp3) is 0.143. The van der Waals surface area contributed by atoms with E-state index in [0.29, 0.717) is 32.9 Å². The molecule has 2 aromatic carbocycles. The first kappa shape index (κ1) is 26.3. The number of rotatable bonds is 8. The van der Waals surface area contributed by atoms with Gasteiger partial charge in [0.2, 0.25) is 5.91 Å². The standard InChI is InChI=1S/C28H22ClFN4O4S/c29-20-9-4-16(27(36)37)15-19(20)22-10-11-23(38-22)26-25(21-3-1-2-13-31-21)33-28(39)34(26)14-12-24(35)32-18-7-5-17(30)6-8-18/h1-11,13,15,25-26H,12,14H2,(H,32,35)(H,33,39)(H,36,37)/t25-,26+/m1/s1. The highest BCUT2D eigenvalue weighted by molar-refractivity contribution is 7.80. The van der Waals surface area contributed by atoms with E-state index in [2.05, 4.69) is 15.6 Å². The molecule has 2 atom stereocenters. The van der Waals surface area contributed by atoms with Crippen molar-refractivity contribution in [2.75, 3.05) is 11.9 Å². The lowest BCUT2D eigenvalue weighted by Gasteiger charge is -2.25. The normalized spacial score (nSPS) is 16.7. The Morgan fingerprint density at radius 1 is 1.13 bits per heavy atom. The molecular weight excluding hydrogens is 543 g/mol. The van der Waals surface area contributed by atoms with E-state index >= 15 is 0 Å².